The molecule has 0 spiro atoms. The number of nitrogens with zero attached hydrogens (tertiary/aromatic N) is 1. The molecule has 0 aliphatic heterocycles. The summed E-state index contributed by atoms with van der Waals surface area (Å²) in [7, 11) is 0. The van der Waals surface area contributed by atoms with Crippen molar-refractivity contribution in [2.24, 2.45) is 0 Å². The van der Waals surface area contributed by atoms with Crippen LogP contribution in [0.25, 0.3) is 22.2 Å². The van der Waals surface area contributed by atoms with Crippen molar-refractivity contribution in [1.29, 1.82) is 5.41 Å². The summed E-state index contributed by atoms with van der Waals surface area (Å²) in [6.07, 6.45) is 4.59. The molecule has 3 aromatic rings. The Hall–Kier alpha value is -3.02. The van der Waals surface area contributed by atoms with Gasteiger partial charge in [-0.1, -0.05) is 0 Å². The Morgan fingerprint density at radius 1 is 1.08 bits per heavy atom. The van der Waals surface area contributed by atoms with E-state index in [0.717, 1.165) is 47.9 Å². The third kappa shape index (κ3) is 2.41. The molecule has 26 heavy (non-hydrogen) atoms. The van der Waals surface area contributed by atoms with Crippen molar-refractivity contribution in [2.45, 2.75) is 25.7 Å². The second-order valence-corrected chi connectivity index (χ2v) is 6.52. The maximum Gasteiger partial charge on any atom is 0.165 e. The molecule has 6 heteroatoms. The van der Waals surface area contributed by atoms with Gasteiger partial charge in [0, 0.05) is 34.5 Å². The minimum atomic E-state index is -0.884. The van der Waals surface area contributed by atoms with Gasteiger partial charge in [-0.3, -0.25) is 0 Å². The van der Waals surface area contributed by atoms with Crippen molar-refractivity contribution in [3.63, 3.8) is 0 Å². The smallest absolute Gasteiger partial charge is 0.165 e. The summed E-state index contributed by atoms with van der Waals surface area (Å²) in [5.74, 6) is -2.32. The van der Waals surface area contributed by atoms with Gasteiger partial charge in [0.15, 0.2) is 11.6 Å². The average molecular weight is 353 g/mol. The van der Waals surface area contributed by atoms with E-state index in [1.54, 1.807) is 12.1 Å². The number of anilines is 1. The first-order chi connectivity index (χ1) is 12.5. The number of aromatic hydroxyl groups is 1. The number of halogens is 2. The second kappa shape index (κ2) is 6.05. The molecule has 0 radical (unpaired) electrons. The lowest BCUT2D eigenvalue weighted by atomic mass is 9.84. The lowest BCUT2D eigenvalue weighted by molar-refractivity contribution is 0.427. The number of benzene rings is 2. The number of phenols is 1. The Labute approximate surface area is 148 Å². The maximum absolute atomic E-state index is 14.5. The van der Waals surface area contributed by atoms with Gasteiger partial charge in [-0.25, -0.2) is 13.8 Å². The highest BCUT2D eigenvalue weighted by molar-refractivity contribution is 6.05. The van der Waals surface area contributed by atoms with Crippen LogP contribution in [0.4, 0.5) is 14.5 Å². The number of nitrogen functional groups attached to an aromatic ring is 1. The largest absolute Gasteiger partial charge is 0.505 e. The second-order valence-electron chi connectivity index (χ2n) is 6.52. The SMILES string of the molecule is N=Cc1c(N)ccc2nc(-c3cc(F)c(O)cc3F)c3c(c12)CCCC3. The van der Waals surface area contributed by atoms with Crippen molar-refractivity contribution in [2.75, 3.05) is 5.73 Å². The van der Waals surface area contributed by atoms with Crippen molar-refractivity contribution < 1.29 is 13.9 Å². The third-order valence-electron chi connectivity index (χ3n) is 4.98. The Kier molecular flexibility index (Phi) is 3.83. The zero-order valence-corrected chi connectivity index (χ0v) is 13.9. The number of aromatic nitrogens is 1. The molecule has 0 fully saturated rings. The highest BCUT2D eigenvalue weighted by Gasteiger charge is 2.23. The summed E-state index contributed by atoms with van der Waals surface area (Å²) in [5.41, 5.74) is 10.0. The van der Waals surface area contributed by atoms with Gasteiger partial charge in [0.2, 0.25) is 0 Å². The average Bonchev–Trinajstić information content (AvgIpc) is 2.64. The molecule has 0 bridgehead atoms. The van der Waals surface area contributed by atoms with Crippen LogP contribution in [0.5, 0.6) is 5.75 Å². The van der Waals surface area contributed by atoms with E-state index in [9.17, 15) is 13.9 Å². The fraction of sp³-hybridized carbons (Fsp3) is 0.200. The molecular weight excluding hydrogens is 336 g/mol. The predicted molar refractivity (Wildman–Crippen MR) is 97.7 cm³/mol. The highest BCUT2D eigenvalue weighted by Crippen LogP contribution is 2.39. The molecule has 1 aliphatic rings. The first-order valence-corrected chi connectivity index (χ1v) is 8.44. The zero-order valence-electron chi connectivity index (χ0n) is 13.9. The molecule has 0 saturated heterocycles. The third-order valence-corrected chi connectivity index (χ3v) is 4.98. The quantitative estimate of drug-likeness (QED) is 0.473. The normalized spacial score (nSPS) is 13.6. The molecule has 0 amide bonds. The number of phenolic OH excluding ortho intramolecular Hbond substituents is 1. The minimum absolute atomic E-state index is 0.0357. The van der Waals surface area contributed by atoms with E-state index in [4.69, 9.17) is 11.1 Å². The number of fused-ring (bicyclic) bond motifs is 3. The van der Waals surface area contributed by atoms with Gasteiger partial charge in [-0.15, -0.1) is 0 Å². The van der Waals surface area contributed by atoms with Crippen LogP contribution >= 0.6 is 0 Å². The number of nitrogens with two attached hydrogens (primary N) is 1. The van der Waals surface area contributed by atoms with Crippen molar-refractivity contribution >= 4 is 22.8 Å². The molecule has 0 saturated carbocycles. The fourth-order valence-electron chi connectivity index (χ4n) is 3.76. The molecular formula is C20H17F2N3O. The Bertz CT molecular complexity index is 1060. The molecule has 1 heterocycles. The summed E-state index contributed by atoms with van der Waals surface area (Å²) in [6.45, 7) is 0. The first-order valence-electron chi connectivity index (χ1n) is 8.44. The topological polar surface area (TPSA) is 83.0 Å². The fourth-order valence-corrected chi connectivity index (χ4v) is 3.76. The number of hydrogen-bond donors (Lipinski definition) is 3. The summed E-state index contributed by atoms with van der Waals surface area (Å²) >= 11 is 0. The number of pyridine rings is 1. The molecule has 4 nitrogen and oxygen atoms in total. The summed E-state index contributed by atoms with van der Waals surface area (Å²) in [6, 6.07) is 5.17. The minimum Gasteiger partial charge on any atom is -0.505 e. The van der Waals surface area contributed by atoms with E-state index >= 15 is 0 Å². The van der Waals surface area contributed by atoms with Crippen LogP contribution in [0.3, 0.4) is 0 Å². The van der Waals surface area contributed by atoms with Crippen molar-refractivity contribution in [1.82, 2.24) is 4.98 Å². The van der Waals surface area contributed by atoms with Crippen LogP contribution < -0.4 is 5.73 Å². The highest BCUT2D eigenvalue weighted by atomic mass is 19.1. The van der Waals surface area contributed by atoms with Crippen LogP contribution in [0.15, 0.2) is 24.3 Å². The number of hydrogen-bond acceptors (Lipinski definition) is 4. The maximum atomic E-state index is 14.5. The van der Waals surface area contributed by atoms with Gasteiger partial charge in [-0.2, -0.15) is 0 Å². The molecule has 1 aliphatic carbocycles. The van der Waals surface area contributed by atoms with Gasteiger partial charge in [0.05, 0.1) is 11.2 Å². The number of rotatable bonds is 2. The van der Waals surface area contributed by atoms with Crippen LogP contribution in [-0.4, -0.2) is 16.3 Å². The molecule has 1 aromatic heterocycles. The van der Waals surface area contributed by atoms with Crippen LogP contribution in [0.2, 0.25) is 0 Å². The van der Waals surface area contributed by atoms with Crippen LogP contribution in [0, 0.1) is 17.0 Å². The van der Waals surface area contributed by atoms with Crippen LogP contribution in [-0.2, 0) is 12.8 Å². The molecule has 132 valence electrons. The Balaban J connectivity index is 2.11. The van der Waals surface area contributed by atoms with Crippen LogP contribution in [0.1, 0.15) is 29.5 Å². The molecule has 4 N–H and O–H groups in total. The van der Waals surface area contributed by atoms with Gasteiger partial charge in [-0.05, 0) is 55.0 Å². The van der Waals surface area contributed by atoms with E-state index in [2.05, 4.69) is 4.98 Å². The zero-order chi connectivity index (χ0) is 18.4. The molecule has 0 unspecified atom stereocenters. The predicted octanol–water partition coefficient (Wildman–Crippen LogP) is 4.34. The molecule has 2 aromatic carbocycles. The lowest BCUT2D eigenvalue weighted by Crippen LogP contribution is -2.10. The Morgan fingerprint density at radius 3 is 2.54 bits per heavy atom. The molecule has 4 rings (SSSR count). The first kappa shape index (κ1) is 16.4. The molecule has 0 atom stereocenters. The number of nitrogens with one attached hydrogen (secondary N) is 1. The van der Waals surface area contributed by atoms with E-state index in [-0.39, 0.29) is 5.56 Å². The van der Waals surface area contributed by atoms with E-state index < -0.39 is 17.4 Å². The van der Waals surface area contributed by atoms with E-state index in [1.165, 1.54) is 6.21 Å². The standard InChI is InChI=1S/C20H17F2N3O/c21-14-8-18(26)15(22)7-12(14)20-11-4-2-1-3-10(11)19-13(9-23)16(24)5-6-17(19)25-20/h5-9,23,26H,1-4,24H2. The van der Waals surface area contributed by atoms with E-state index in [1.807, 2.05) is 0 Å². The Morgan fingerprint density at radius 2 is 1.81 bits per heavy atom. The van der Waals surface area contributed by atoms with Gasteiger partial charge in [0.25, 0.3) is 0 Å². The van der Waals surface area contributed by atoms with Gasteiger partial charge >= 0.3 is 0 Å². The summed E-state index contributed by atoms with van der Waals surface area (Å²) in [5, 5.41) is 17.9. The van der Waals surface area contributed by atoms with Gasteiger partial charge in [0.1, 0.15) is 5.82 Å². The summed E-state index contributed by atoms with van der Waals surface area (Å²) < 4.78 is 28.3. The van der Waals surface area contributed by atoms with Gasteiger partial charge < -0.3 is 16.2 Å². The summed E-state index contributed by atoms with van der Waals surface area (Å²) in [4.78, 5) is 4.59. The monoisotopic (exact) mass is 353 g/mol. The van der Waals surface area contributed by atoms with Crippen molar-refractivity contribution in [3.05, 3.63) is 52.6 Å². The van der Waals surface area contributed by atoms with E-state index in [0.29, 0.717) is 28.9 Å². The lowest BCUT2D eigenvalue weighted by Gasteiger charge is -2.23. The van der Waals surface area contributed by atoms with Crippen molar-refractivity contribution in [3.8, 4) is 17.0 Å². The number of aryl methyl sites for hydroxylation is 1.